The van der Waals surface area contributed by atoms with Crippen LogP contribution in [0.2, 0.25) is 0 Å². The average Bonchev–Trinajstić information content (AvgIpc) is 3.06. The molecule has 0 saturated heterocycles. The van der Waals surface area contributed by atoms with E-state index < -0.39 is 11.8 Å². The van der Waals surface area contributed by atoms with E-state index in [0.29, 0.717) is 22.7 Å². The number of furan rings is 1. The lowest BCUT2D eigenvalue weighted by molar-refractivity contribution is -0.123. The van der Waals surface area contributed by atoms with Crippen LogP contribution in [0, 0.1) is 0 Å². The van der Waals surface area contributed by atoms with Gasteiger partial charge in [-0.2, -0.15) is 0 Å². The van der Waals surface area contributed by atoms with Crippen LogP contribution >= 0.6 is 15.9 Å². The van der Waals surface area contributed by atoms with Crippen LogP contribution in [0.3, 0.4) is 0 Å². The van der Waals surface area contributed by atoms with Crippen LogP contribution in [-0.4, -0.2) is 37.4 Å². The molecule has 0 aliphatic rings. The summed E-state index contributed by atoms with van der Waals surface area (Å²) in [5.74, 6) is -0.615. The second-order valence-electron chi connectivity index (χ2n) is 5.07. The van der Waals surface area contributed by atoms with Gasteiger partial charge in [-0.05, 0) is 59.3 Å². The van der Waals surface area contributed by atoms with Gasteiger partial charge in [-0.3, -0.25) is 14.4 Å². The summed E-state index contributed by atoms with van der Waals surface area (Å²) >= 11 is 3.08. The van der Waals surface area contributed by atoms with Gasteiger partial charge in [0.1, 0.15) is 5.75 Å². The molecule has 2 rings (SSSR count). The number of rotatable bonds is 8. The molecule has 9 heteroatoms. The molecule has 3 N–H and O–H groups in total. The molecule has 8 nitrogen and oxygen atoms in total. The number of hydrogen-bond acceptors (Lipinski definition) is 5. The zero-order chi connectivity index (χ0) is 18.9. The van der Waals surface area contributed by atoms with Crippen molar-refractivity contribution >= 4 is 39.3 Å². The summed E-state index contributed by atoms with van der Waals surface area (Å²) in [4.78, 5) is 35.2. The third kappa shape index (κ3) is 6.25. The molecule has 0 bridgehead atoms. The van der Waals surface area contributed by atoms with Gasteiger partial charge in [-0.15, -0.1) is 0 Å². The summed E-state index contributed by atoms with van der Waals surface area (Å²) in [6.07, 6.45) is 0. The quantitative estimate of drug-likeness (QED) is 0.600. The molecule has 0 fully saturated rings. The number of ether oxygens (including phenoxy) is 1. The number of carbonyl (C=O) groups is 3. The number of anilines is 1. The number of halogens is 1. The summed E-state index contributed by atoms with van der Waals surface area (Å²) in [6, 6.07) is 9.92. The number of nitrogens with one attached hydrogen (secondary N) is 3. The summed E-state index contributed by atoms with van der Waals surface area (Å²) in [6.45, 7) is 1.96. The van der Waals surface area contributed by atoms with Crippen LogP contribution in [0.15, 0.2) is 45.5 Å². The van der Waals surface area contributed by atoms with Gasteiger partial charge in [0.05, 0.1) is 19.7 Å². The average molecular weight is 424 g/mol. The molecule has 138 valence electrons. The fraction of sp³-hybridized carbons (Fsp3) is 0.235. The third-order valence-corrected chi connectivity index (χ3v) is 3.53. The first-order chi connectivity index (χ1) is 12.5. The number of carbonyl (C=O) groups excluding carboxylic acids is 3. The van der Waals surface area contributed by atoms with Crippen molar-refractivity contribution in [1.82, 2.24) is 10.6 Å². The number of hydrogen-bond donors (Lipinski definition) is 3. The lowest BCUT2D eigenvalue weighted by atomic mass is 10.3. The van der Waals surface area contributed by atoms with Gasteiger partial charge in [0, 0.05) is 5.69 Å². The first-order valence-electron chi connectivity index (χ1n) is 7.81. The first kappa shape index (κ1) is 19.5. The molecule has 0 spiro atoms. The minimum atomic E-state index is -0.523. The molecule has 3 amide bonds. The monoisotopic (exact) mass is 423 g/mol. The Labute approximate surface area is 158 Å². The molecule has 0 unspecified atom stereocenters. The predicted octanol–water partition coefficient (Wildman–Crippen LogP) is 1.93. The van der Waals surface area contributed by atoms with Crippen LogP contribution in [-0.2, 0) is 9.59 Å². The Hall–Kier alpha value is -2.81. The standard InChI is InChI=1S/C17H18BrN3O5/c1-2-25-12-5-3-11(4-6-12)21-16(23)10-19-15(22)9-20-17(24)13-7-8-14(18)26-13/h3-8H,2,9-10H2,1H3,(H,19,22)(H,20,24)(H,21,23). The fourth-order valence-corrected chi connectivity index (χ4v) is 2.24. The van der Waals surface area contributed by atoms with Crippen LogP contribution in [0.1, 0.15) is 17.5 Å². The van der Waals surface area contributed by atoms with E-state index in [-0.39, 0.29) is 24.8 Å². The van der Waals surface area contributed by atoms with Crippen LogP contribution in [0.4, 0.5) is 5.69 Å². The van der Waals surface area contributed by atoms with Crippen molar-refractivity contribution in [3.05, 3.63) is 46.8 Å². The molecule has 0 aliphatic carbocycles. The SMILES string of the molecule is CCOc1ccc(NC(=O)CNC(=O)CNC(=O)c2ccc(Br)o2)cc1. The molecule has 2 aromatic rings. The molecule has 1 aromatic carbocycles. The predicted molar refractivity (Wildman–Crippen MR) is 98.0 cm³/mol. The molecule has 0 radical (unpaired) electrons. The van der Waals surface area contributed by atoms with Crippen LogP contribution in [0.5, 0.6) is 5.75 Å². The smallest absolute Gasteiger partial charge is 0.287 e. The minimum absolute atomic E-state index is 0.0814. The number of benzene rings is 1. The fourth-order valence-electron chi connectivity index (χ4n) is 1.93. The second-order valence-corrected chi connectivity index (χ2v) is 5.85. The Kier molecular flexibility index (Phi) is 7.22. The van der Waals surface area contributed by atoms with Crippen LogP contribution in [0.25, 0.3) is 0 Å². The topological polar surface area (TPSA) is 110 Å². The largest absolute Gasteiger partial charge is 0.494 e. The summed E-state index contributed by atoms with van der Waals surface area (Å²) in [7, 11) is 0. The molecule has 0 atom stereocenters. The van der Waals surface area contributed by atoms with Gasteiger partial charge in [-0.25, -0.2) is 0 Å². The van der Waals surface area contributed by atoms with Gasteiger partial charge >= 0.3 is 0 Å². The Bertz CT molecular complexity index is 773. The summed E-state index contributed by atoms with van der Waals surface area (Å²) in [5, 5.41) is 7.45. The molecule has 0 aliphatic heterocycles. The summed E-state index contributed by atoms with van der Waals surface area (Å²) in [5.41, 5.74) is 0.587. The normalized spacial score (nSPS) is 10.1. The molecule has 1 heterocycles. The van der Waals surface area contributed by atoms with Crippen molar-refractivity contribution in [3.63, 3.8) is 0 Å². The van der Waals surface area contributed by atoms with Gasteiger partial charge in [0.15, 0.2) is 10.4 Å². The molecular formula is C17H18BrN3O5. The van der Waals surface area contributed by atoms with Gasteiger partial charge in [0.25, 0.3) is 5.91 Å². The van der Waals surface area contributed by atoms with E-state index in [1.165, 1.54) is 6.07 Å². The van der Waals surface area contributed by atoms with Crippen molar-refractivity contribution in [3.8, 4) is 5.75 Å². The highest BCUT2D eigenvalue weighted by molar-refractivity contribution is 9.10. The van der Waals surface area contributed by atoms with Gasteiger partial charge in [0.2, 0.25) is 11.8 Å². The Morgan fingerprint density at radius 2 is 1.69 bits per heavy atom. The van der Waals surface area contributed by atoms with E-state index >= 15 is 0 Å². The molecule has 26 heavy (non-hydrogen) atoms. The Balaban J connectivity index is 1.69. The lowest BCUT2D eigenvalue weighted by Crippen LogP contribution is -2.40. The van der Waals surface area contributed by atoms with Gasteiger partial charge in [-0.1, -0.05) is 0 Å². The molecule has 1 aromatic heterocycles. The van der Waals surface area contributed by atoms with Crippen LogP contribution < -0.4 is 20.7 Å². The molecule has 0 saturated carbocycles. The van der Waals surface area contributed by atoms with Gasteiger partial charge < -0.3 is 25.1 Å². The van der Waals surface area contributed by atoms with Crippen molar-refractivity contribution in [2.45, 2.75) is 6.92 Å². The van der Waals surface area contributed by atoms with E-state index in [4.69, 9.17) is 9.15 Å². The highest BCUT2D eigenvalue weighted by atomic mass is 79.9. The highest BCUT2D eigenvalue weighted by Crippen LogP contribution is 2.15. The second kappa shape index (κ2) is 9.62. The Morgan fingerprint density at radius 3 is 2.31 bits per heavy atom. The van der Waals surface area contributed by atoms with E-state index in [2.05, 4.69) is 31.9 Å². The molecular weight excluding hydrogens is 406 g/mol. The van der Waals surface area contributed by atoms with E-state index in [0.717, 1.165) is 0 Å². The van der Waals surface area contributed by atoms with Crippen molar-refractivity contribution in [2.24, 2.45) is 0 Å². The van der Waals surface area contributed by atoms with Crippen molar-refractivity contribution < 1.29 is 23.5 Å². The maximum atomic E-state index is 11.8. The van der Waals surface area contributed by atoms with E-state index in [1.54, 1.807) is 30.3 Å². The highest BCUT2D eigenvalue weighted by Gasteiger charge is 2.12. The maximum absolute atomic E-state index is 11.8. The lowest BCUT2D eigenvalue weighted by Gasteiger charge is -2.08. The summed E-state index contributed by atoms with van der Waals surface area (Å²) < 4.78 is 10.8. The minimum Gasteiger partial charge on any atom is -0.494 e. The third-order valence-electron chi connectivity index (χ3n) is 3.10. The zero-order valence-corrected chi connectivity index (χ0v) is 15.6. The maximum Gasteiger partial charge on any atom is 0.287 e. The first-order valence-corrected chi connectivity index (χ1v) is 8.60. The van der Waals surface area contributed by atoms with E-state index in [1.807, 2.05) is 6.92 Å². The zero-order valence-electron chi connectivity index (χ0n) is 14.0. The van der Waals surface area contributed by atoms with Crippen molar-refractivity contribution in [2.75, 3.05) is 25.0 Å². The Morgan fingerprint density at radius 1 is 1.00 bits per heavy atom. The van der Waals surface area contributed by atoms with E-state index in [9.17, 15) is 14.4 Å². The number of amides is 3. The van der Waals surface area contributed by atoms with Crippen molar-refractivity contribution in [1.29, 1.82) is 0 Å².